The number of methoxy groups -OCH3 is 1. The van der Waals surface area contributed by atoms with Crippen molar-refractivity contribution >= 4 is 45.6 Å². The molecule has 9 heteroatoms. The van der Waals surface area contributed by atoms with Crippen LogP contribution in [0.3, 0.4) is 0 Å². The van der Waals surface area contributed by atoms with Crippen LogP contribution in [0.4, 0.5) is 0 Å². The van der Waals surface area contributed by atoms with Crippen molar-refractivity contribution in [3.63, 3.8) is 0 Å². The number of ether oxygens (including phenoxy) is 3. The van der Waals surface area contributed by atoms with Gasteiger partial charge in [0.05, 0.1) is 23.9 Å². The van der Waals surface area contributed by atoms with Crippen LogP contribution in [0, 0.1) is 0 Å². The largest absolute Gasteiger partial charge is 0.493 e. The Bertz CT molecular complexity index is 1260. The topological polar surface area (TPSA) is 86.2 Å². The van der Waals surface area contributed by atoms with Gasteiger partial charge in [-0.3, -0.25) is 4.79 Å². The Hall–Kier alpha value is -3.62. The molecule has 1 amide bonds. The molecule has 3 aromatic rings. The summed E-state index contributed by atoms with van der Waals surface area (Å²) in [7, 11) is 1.53. The lowest BCUT2D eigenvalue weighted by Gasteiger charge is -2.11. The Kier molecular flexibility index (Phi) is 9.46. The average Bonchev–Trinajstić information content (AvgIpc) is 2.85. The number of hydrogen-bond acceptors (Lipinski definition) is 6. The molecule has 0 saturated carbocycles. The first-order chi connectivity index (χ1) is 16.9. The molecule has 0 saturated heterocycles. The fourth-order valence-corrected chi connectivity index (χ4v) is 3.56. The molecule has 0 bridgehead atoms. The summed E-state index contributed by atoms with van der Waals surface area (Å²) in [5.41, 5.74) is 4.09. The van der Waals surface area contributed by atoms with Crippen LogP contribution in [0.2, 0.25) is 5.02 Å². The third kappa shape index (κ3) is 7.43. The number of hydrogen-bond donors (Lipinski definition) is 1. The zero-order valence-corrected chi connectivity index (χ0v) is 21.1. The van der Waals surface area contributed by atoms with Crippen molar-refractivity contribution in [2.75, 3.05) is 13.7 Å². The molecule has 0 radical (unpaired) electrons. The fraction of sp³-hybridized carbons (Fsp3) is 0.115. The highest BCUT2D eigenvalue weighted by Crippen LogP contribution is 2.28. The molecule has 0 aliphatic rings. The van der Waals surface area contributed by atoms with E-state index < -0.39 is 11.9 Å². The highest BCUT2D eigenvalue weighted by Gasteiger charge is 2.14. The molecule has 1 N–H and O–H groups in total. The minimum Gasteiger partial charge on any atom is -0.493 e. The van der Waals surface area contributed by atoms with Gasteiger partial charge in [0.25, 0.3) is 5.91 Å². The number of hydrazone groups is 1. The Morgan fingerprint density at radius 2 is 1.86 bits per heavy atom. The number of amides is 1. The number of nitrogens with one attached hydrogen (secondary N) is 1. The number of benzene rings is 3. The number of allylic oxidation sites excluding steroid dienone is 1. The van der Waals surface area contributed by atoms with Crippen LogP contribution in [0.1, 0.15) is 21.5 Å². The van der Waals surface area contributed by atoms with Crippen molar-refractivity contribution in [1.82, 2.24) is 5.43 Å². The van der Waals surface area contributed by atoms with Crippen molar-refractivity contribution in [3.8, 4) is 17.2 Å². The van der Waals surface area contributed by atoms with Gasteiger partial charge >= 0.3 is 5.97 Å². The van der Waals surface area contributed by atoms with Gasteiger partial charge in [0.2, 0.25) is 0 Å². The van der Waals surface area contributed by atoms with Crippen LogP contribution in [0.25, 0.3) is 0 Å². The maximum absolute atomic E-state index is 12.5. The number of carbonyl (C=O) groups excluding carboxylic acids is 2. The van der Waals surface area contributed by atoms with E-state index in [9.17, 15) is 9.59 Å². The normalized spacial score (nSPS) is 10.6. The molecule has 3 rings (SSSR count). The molecule has 35 heavy (non-hydrogen) atoms. The van der Waals surface area contributed by atoms with Crippen LogP contribution in [-0.2, 0) is 11.2 Å². The first kappa shape index (κ1) is 26.0. The lowest BCUT2D eigenvalue weighted by Crippen LogP contribution is -2.24. The van der Waals surface area contributed by atoms with Crippen LogP contribution >= 0.6 is 27.5 Å². The highest BCUT2D eigenvalue weighted by atomic mass is 79.9. The molecular formula is C26H22BrClN2O5. The number of carbonyl (C=O) groups is 2. The first-order valence-electron chi connectivity index (χ1n) is 10.4. The Morgan fingerprint density at radius 3 is 2.60 bits per heavy atom. The summed E-state index contributed by atoms with van der Waals surface area (Å²) >= 11 is 9.45. The van der Waals surface area contributed by atoms with Crippen LogP contribution < -0.4 is 19.6 Å². The van der Waals surface area contributed by atoms with E-state index in [1.54, 1.807) is 54.6 Å². The number of halogens is 2. The van der Waals surface area contributed by atoms with E-state index in [0.29, 0.717) is 23.5 Å². The molecule has 0 aliphatic heterocycles. The van der Waals surface area contributed by atoms with E-state index in [1.807, 2.05) is 12.1 Å². The van der Waals surface area contributed by atoms with E-state index in [4.69, 9.17) is 25.8 Å². The molecule has 0 spiro atoms. The van der Waals surface area contributed by atoms with Gasteiger partial charge in [0, 0.05) is 10.0 Å². The third-order valence-electron chi connectivity index (χ3n) is 4.63. The summed E-state index contributed by atoms with van der Waals surface area (Å²) in [5, 5.41) is 4.23. The van der Waals surface area contributed by atoms with Gasteiger partial charge in [0.15, 0.2) is 18.1 Å². The van der Waals surface area contributed by atoms with Gasteiger partial charge in [-0.1, -0.05) is 51.8 Å². The summed E-state index contributed by atoms with van der Waals surface area (Å²) < 4.78 is 17.1. The lowest BCUT2D eigenvalue weighted by atomic mass is 10.1. The minimum absolute atomic E-state index is 0.235. The first-order valence-corrected chi connectivity index (χ1v) is 11.6. The molecule has 0 aliphatic carbocycles. The van der Waals surface area contributed by atoms with Crippen LogP contribution in [0.15, 0.2) is 82.9 Å². The zero-order valence-electron chi connectivity index (χ0n) is 18.8. The van der Waals surface area contributed by atoms with Crippen molar-refractivity contribution < 1.29 is 23.8 Å². The molecule has 0 heterocycles. The Morgan fingerprint density at radius 1 is 1.09 bits per heavy atom. The Balaban J connectivity index is 1.62. The molecule has 0 atom stereocenters. The predicted octanol–water partition coefficient (Wildman–Crippen LogP) is 5.59. The smallest absolute Gasteiger partial charge is 0.345 e. The maximum atomic E-state index is 12.5. The van der Waals surface area contributed by atoms with Gasteiger partial charge in [-0.25, -0.2) is 10.2 Å². The minimum atomic E-state index is -0.613. The summed E-state index contributed by atoms with van der Waals surface area (Å²) in [6.45, 7) is 3.44. The van der Waals surface area contributed by atoms with Crippen molar-refractivity contribution in [3.05, 3.63) is 99.5 Å². The fourth-order valence-electron chi connectivity index (χ4n) is 2.97. The van der Waals surface area contributed by atoms with E-state index in [2.05, 4.69) is 33.0 Å². The molecule has 3 aromatic carbocycles. The van der Waals surface area contributed by atoms with Crippen molar-refractivity contribution in [2.45, 2.75) is 6.42 Å². The SMILES string of the molecule is C=CCc1ccc(OCC(=O)NN=Cc2cc(Br)ccc2OC(=O)c2ccccc2Cl)c(OC)c1. The standard InChI is InChI=1S/C26H22BrClN2O5/c1-3-6-17-9-11-23(24(13-17)33-2)34-16-25(31)30-29-15-18-14-19(27)10-12-22(18)35-26(32)20-7-4-5-8-21(20)28/h3-5,7-15H,1,6,16H2,2H3,(H,30,31). The number of rotatable bonds is 10. The summed E-state index contributed by atoms with van der Waals surface area (Å²) in [6, 6.07) is 17.0. The molecule has 0 fully saturated rings. The van der Waals surface area contributed by atoms with Gasteiger partial charge < -0.3 is 14.2 Å². The average molecular weight is 558 g/mol. The van der Waals surface area contributed by atoms with Gasteiger partial charge in [-0.2, -0.15) is 5.10 Å². The molecule has 180 valence electrons. The second kappa shape index (κ2) is 12.7. The van der Waals surface area contributed by atoms with E-state index in [1.165, 1.54) is 13.3 Å². The van der Waals surface area contributed by atoms with Crippen LogP contribution in [0.5, 0.6) is 17.2 Å². The predicted molar refractivity (Wildman–Crippen MR) is 139 cm³/mol. The Labute approximate surface area is 216 Å². The molecule has 0 aromatic heterocycles. The monoisotopic (exact) mass is 556 g/mol. The molecule has 0 unspecified atom stereocenters. The maximum Gasteiger partial charge on any atom is 0.345 e. The highest BCUT2D eigenvalue weighted by molar-refractivity contribution is 9.10. The van der Waals surface area contributed by atoms with E-state index >= 15 is 0 Å². The second-order valence-corrected chi connectivity index (χ2v) is 8.43. The lowest BCUT2D eigenvalue weighted by molar-refractivity contribution is -0.123. The van der Waals surface area contributed by atoms with E-state index in [-0.39, 0.29) is 22.9 Å². The summed E-state index contributed by atoms with van der Waals surface area (Å²) in [6.07, 6.45) is 3.84. The van der Waals surface area contributed by atoms with Crippen molar-refractivity contribution in [1.29, 1.82) is 0 Å². The van der Waals surface area contributed by atoms with E-state index in [0.717, 1.165) is 10.0 Å². The number of esters is 1. The zero-order chi connectivity index (χ0) is 25.2. The number of nitrogens with zero attached hydrogens (tertiary/aromatic N) is 1. The van der Waals surface area contributed by atoms with Gasteiger partial charge in [-0.15, -0.1) is 6.58 Å². The summed E-state index contributed by atoms with van der Waals surface area (Å²) in [4.78, 5) is 24.7. The quantitative estimate of drug-likeness (QED) is 0.116. The molecule has 7 nitrogen and oxygen atoms in total. The van der Waals surface area contributed by atoms with Gasteiger partial charge in [-0.05, 0) is 54.4 Å². The van der Waals surface area contributed by atoms with Crippen LogP contribution in [-0.4, -0.2) is 31.8 Å². The second-order valence-electron chi connectivity index (χ2n) is 7.11. The van der Waals surface area contributed by atoms with Gasteiger partial charge in [0.1, 0.15) is 5.75 Å². The summed E-state index contributed by atoms with van der Waals surface area (Å²) in [5.74, 6) is 0.0952. The van der Waals surface area contributed by atoms with Crippen molar-refractivity contribution in [2.24, 2.45) is 5.10 Å². The molecular weight excluding hydrogens is 536 g/mol. The third-order valence-corrected chi connectivity index (χ3v) is 5.45.